The highest BCUT2D eigenvalue weighted by atomic mass is 19.3. The van der Waals surface area contributed by atoms with Crippen LogP contribution in [0, 0.1) is 0 Å². The van der Waals surface area contributed by atoms with Crippen LogP contribution in [0.2, 0.25) is 0 Å². The van der Waals surface area contributed by atoms with Crippen LogP contribution in [0.25, 0.3) is 0 Å². The van der Waals surface area contributed by atoms with Crippen molar-refractivity contribution in [1.82, 2.24) is 4.90 Å². The highest BCUT2D eigenvalue weighted by molar-refractivity contribution is 6.62. The lowest BCUT2D eigenvalue weighted by Gasteiger charge is -2.32. The molecule has 1 aromatic rings. The van der Waals surface area contributed by atoms with Gasteiger partial charge < -0.3 is 18.9 Å². The van der Waals surface area contributed by atoms with Crippen LogP contribution in [-0.4, -0.2) is 42.5 Å². The van der Waals surface area contributed by atoms with Crippen molar-refractivity contribution in [1.29, 1.82) is 0 Å². The Bertz CT molecular complexity index is 753. The summed E-state index contributed by atoms with van der Waals surface area (Å²) in [5.74, 6) is 0. The van der Waals surface area contributed by atoms with Crippen molar-refractivity contribution in [3.8, 4) is 0 Å². The number of fused-ring (bicyclic) bond motifs is 1. The molecule has 2 aliphatic rings. The topological polar surface area (TPSA) is 48.0 Å². The summed E-state index contributed by atoms with van der Waals surface area (Å²) < 4.78 is 44.6. The average Bonchev–Trinajstić information content (AvgIpc) is 2.87. The number of nitrogens with zero attached hydrogens (tertiary/aromatic N) is 1. The van der Waals surface area contributed by atoms with E-state index in [9.17, 15) is 13.6 Å². The Labute approximate surface area is 171 Å². The lowest BCUT2D eigenvalue weighted by molar-refractivity contribution is 0.00578. The minimum absolute atomic E-state index is 0.0487. The van der Waals surface area contributed by atoms with Gasteiger partial charge in [-0.15, -0.1) is 0 Å². The first kappa shape index (κ1) is 22.0. The molecule has 0 aromatic heterocycles. The van der Waals surface area contributed by atoms with Gasteiger partial charge in [-0.3, -0.25) is 0 Å². The van der Waals surface area contributed by atoms with Crippen molar-refractivity contribution in [2.24, 2.45) is 0 Å². The lowest BCUT2D eigenvalue weighted by atomic mass is 9.72. The summed E-state index contributed by atoms with van der Waals surface area (Å²) in [6.45, 7) is 10.8. The number of carbonyl (C=O) groups excluding carboxylic acids is 1. The summed E-state index contributed by atoms with van der Waals surface area (Å²) in [6.07, 6.45) is -0.711. The third kappa shape index (κ3) is 4.43. The highest BCUT2D eigenvalue weighted by Gasteiger charge is 2.52. The van der Waals surface area contributed by atoms with Crippen LogP contribution in [0.15, 0.2) is 12.1 Å². The number of unbranched alkanes of at least 4 members (excludes halogenated alkanes) is 1. The summed E-state index contributed by atoms with van der Waals surface area (Å²) in [5, 5.41) is 0. The zero-order valence-electron chi connectivity index (χ0n) is 17.9. The largest absolute Gasteiger partial charge is 0.495 e. The quantitative estimate of drug-likeness (QED) is 0.540. The second-order valence-corrected chi connectivity index (χ2v) is 8.78. The molecule has 8 heteroatoms. The van der Waals surface area contributed by atoms with E-state index in [2.05, 4.69) is 0 Å². The Balaban J connectivity index is 1.91. The van der Waals surface area contributed by atoms with Gasteiger partial charge in [0.1, 0.15) is 0 Å². The molecular formula is C21H30BF2NO4. The SMILES string of the molecule is CCCCOC(=O)N1CCc2cc(C(F)F)cc(B3OC(C)(C)C(C)(C)O3)c2C1. The molecule has 0 unspecified atom stereocenters. The van der Waals surface area contributed by atoms with E-state index >= 15 is 0 Å². The summed E-state index contributed by atoms with van der Waals surface area (Å²) >= 11 is 0. The van der Waals surface area contributed by atoms with Gasteiger partial charge in [-0.1, -0.05) is 19.4 Å². The van der Waals surface area contributed by atoms with Crippen LogP contribution in [0.3, 0.4) is 0 Å². The lowest BCUT2D eigenvalue weighted by Crippen LogP contribution is -2.44. The highest BCUT2D eigenvalue weighted by Crippen LogP contribution is 2.37. The molecule has 5 nitrogen and oxygen atoms in total. The summed E-state index contributed by atoms with van der Waals surface area (Å²) in [5.41, 5.74) is 0.976. The molecule has 160 valence electrons. The zero-order valence-corrected chi connectivity index (χ0v) is 17.9. The maximum Gasteiger partial charge on any atom is 0.495 e. The molecule has 1 saturated heterocycles. The van der Waals surface area contributed by atoms with Crippen molar-refractivity contribution >= 4 is 18.7 Å². The Morgan fingerprint density at radius 2 is 1.90 bits per heavy atom. The molecule has 1 amide bonds. The number of alkyl halides is 2. The Morgan fingerprint density at radius 3 is 2.48 bits per heavy atom. The van der Waals surface area contributed by atoms with Crippen molar-refractivity contribution in [3.63, 3.8) is 0 Å². The van der Waals surface area contributed by atoms with E-state index in [1.54, 1.807) is 4.90 Å². The van der Waals surface area contributed by atoms with Crippen molar-refractivity contribution in [3.05, 3.63) is 28.8 Å². The smallest absolute Gasteiger partial charge is 0.449 e. The molecule has 0 radical (unpaired) electrons. The first-order chi connectivity index (χ1) is 13.6. The van der Waals surface area contributed by atoms with Crippen LogP contribution in [0.4, 0.5) is 13.6 Å². The molecule has 0 saturated carbocycles. The minimum Gasteiger partial charge on any atom is -0.449 e. The van der Waals surface area contributed by atoms with Gasteiger partial charge in [-0.2, -0.15) is 0 Å². The van der Waals surface area contributed by atoms with Gasteiger partial charge in [0.15, 0.2) is 0 Å². The summed E-state index contributed by atoms with van der Waals surface area (Å²) in [7, 11) is -0.761. The van der Waals surface area contributed by atoms with Crippen LogP contribution in [0.1, 0.15) is 70.6 Å². The third-order valence-corrected chi connectivity index (χ3v) is 6.14. The van der Waals surface area contributed by atoms with Crippen LogP contribution < -0.4 is 5.46 Å². The fourth-order valence-electron chi connectivity index (χ4n) is 3.58. The van der Waals surface area contributed by atoms with E-state index in [-0.39, 0.29) is 11.7 Å². The van der Waals surface area contributed by atoms with E-state index in [0.717, 1.165) is 24.0 Å². The Morgan fingerprint density at radius 1 is 1.24 bits per heavy atom. The molecular weight excluding hydrogens is 379 g/mol. The molecule has 1 fully saturated rings. The minimum atomic E-state index is -2.58. The number of rotatable bonds is 5. The van der Waals surface area contributed by atoms with E-state index in [4.69, 9.17) is 14.0 Å². The molecule has 2 heterocycles. The van der Waals surface area contributed by atoms with E-state index < -0.39 is 24.7 Å². The molecule has 29 heavy (non-hydrogen) atoms. The number of amides is 1. The maximum atomic E-state index is 13.5. The van der Waals surface area contributed by atoms with Crippen LogP contribution in [0.5, 0.6) is 0 Å². The third-order valence-electron chi connectivity index (χ3n) is 6.14. The number of ether oxygens (including phenoxy) is 1. The monoisotopic (exact) mass is 409 g/mol. The van der Waals surface area contributed by atoms with E-state index in [1.165, 1.54) is 12.1 Å². The predicted molar refractivity (Wildman–Crippen MR) is 107 cm³/mol. The second-order valence-electron chi connectivity index (χ2n) is 8.78. The van der Waals surface area contributed by atoms with Gasteiger partial charge >= 0.3 is 13.2 Å². The number of benzene rings is 1. The van der Waals surface area contributed by atoms with E-state index in [1.807, 2.05) is 34.6 Å². The Kier molecular flexibility index (Phi) is 6.25. The van der Waals surface area contributed by atoms with Gasteiger partial charge in [0, 0.05) is 18.7 Å². The molecule has 3 rings (SSSR count). The number of hydrogen-bond acceptors (Lipinski definition) is 4. The fraction of sp³-hybridized carbons (Fsp3) is 0.667. The normalized spacial score (nSPS) is 20.1. The zero-order chi connectivity index (χ0) is 21.4. The molecule has 0 N–H and O–H groups in total. The fourth-order valence-corrected chi connectivity index (χ4v) is 3.58. The predicted octanol–water partition coefficient (Wildman–Crippen LogP) is 4.22. The standard InChI is InChI=1S/C21H30BF2NO4/c1-6-7-10-27-19(26)25-9-8-14-11-15(18(23)24)12-17(16(14)13-25)22-28-20(2,3)21(4,5)29-22/h11-12,18H,6-10,13H2,1-5H3. The van der Waals surface area contributed by atoms with Gasteiger partial charge in [-0.05, 0) is 63.2 Å². The summed E-state index contributed by atoms with van der Waals surface area (Å²) in [4.78, 5) is 14.0. The molecule has 0 bridgehead atoms. The van der Waals surface area contributed by atoms with Gasteiger partial charge in [0.2, 0.25) is 0 Å². The van der Waals surface area contributed by atoms with E-state index in [0.29, 0.717) is 31.6 Å². The second kappa shape index (κ2) is 8.22. The van der Waals surface area contributed by atoms with Crippen molar-refractivity contribution in [2.45, 2.75) is 78.1 Å². The molecule has 1 aromatic carbocycles. The molecule has 0 atom stereocenters. The van der Waals surface area contributed by atoms with Crippen LogP contribution >= 0.6 is 0 Å². The number of carbonyl (C=O) groups is 1. The molecule has 2 aliphatic heterocycles. The Hall–Kier alpha value is -1.67. The average molecular weight is 409 g/mol. The first-order valence-corrected chi connectivity index (χ1v) is 10.3. The molecule has 0 spiro atoms. The van der Waals surface area contributed by atoms with Crippen molar-refractivity contribution < 1.29 is 27.6 Å². The maximum absolute atomic E-state index is 13.5. The van der Waals surface area contributed by atoms with Crippen LogP contribution in [-0.2, 0) is 27.0 Å². The van der Waals surface area contributed by atoms with Gasteiger partial charge in [0.05, 0.1) is 17.8 Å². The van der Waals surface area contributed by atoms with Gasteiger partial charge in [-0.25, -0.2) is 13.6 Å². The molecule has 0 aliphatic carbocycles. The number of hydrogen-bond donors (Lipinski definition) is 0. The summed E-state index contributed by atoms with van der Waals surface area (Å²) in [6, 6.07) is 2.99. The van der Waals surface area contributed by atoms with Crippen molar-refractivity contribution in [2.75, 3.05) is 13.2 Å². The first-order valence-electron chi connectivity index (χ1n) is 10.3. The van der Waals surface area contributed by atoms with Gasteiger partial charge in [0.25, 0.3) is 6.43 Å². The number of halogens is 2.